The highest BCUT2D eigenvalue weighted by Gasteiger charge is 2.36. The molecular weight excluding hydrogens is 311 g/mol. The molecule has 22 heavy (non-hydrogen) atoms. The molecule has 1 aromatic rings. The van der Waals surface area contributed by atoms with Crippen molar-refractivity contribution in [2.24, 2.45) is 0 Å². The van der Waals surface area contributed by atoms with Crippen LogP contribution < -0.4 is 10.1 Å². The van der Waals surface area contributed by atoms with E-state index in [0.717, 1.165) is 6.26 Å². The maximum absolute atomic E-state index is 12.7. The first kappa shape index (κ1) is 16.7. The van der Waals surface area contributed by atoms with Crippen LogP contribution in [0, 0.1) is 5.82 Å². The molecule has 0 unspecified atom stereocenters. The van der Waals surface area contributed by atoms with Gasteiger partial charge in [0.05, 0.1) is 12.8 Å². The van der Waals surface area contributed by atoms with Crippen molar-refractivity contribution in [1.82, 2.24) is 9.62 Å². The Morgan fingerprint density at radius 3 is 2.73 bits per heavy atom. The van der Waals surface area contributed by atoms with Crippen LogP contribution in [0.1, 0.15) is 12.8 Å². The van der Waals surface area contributed by atoms with Crippen molar-refractivity contribution < 1.29 is 22.3 Å². The number of benzene rings is 1. The highest BCUT2D eigenvalue weighted by molar-refractivity contribution is 7.88. The van der Waals surface area contributed by atoms with Gasteiger partial charge in [-0.1, -0.05) is 0 Å². The molecule has 122 valence electrons. The van der Waals surface area contributed by atoms with Crippen molar-refractivity contribution in [2.75, 3.05) is 26.0 Å². The maximum Gasteiger partial charge on any atom is 0.238 e. The van der Waals surface area contributed by atoms with Crippen LogP contribution in [-0.2, 0) is 14.8 Å². The van der Waals surface area contributed by atoms with Crippen LogP contribution in [-0.4, -0.2) is 50.6 Å². The molecule has 0 radical (unpaired) electrons. The zero-order valence-electron chi connectivity index (χ0n) is 12.3. The number of nitrogens with one attached hydrogen (secondary N) is 1. The SMILES string of the molecule is CS(=O)(=O)N1CCC[C@@H]1C(=O)NCCOc1ccc(F)cc1. The molecule has 1 aromatic carbocycles. The molecule has 0 spiro atoms. The summed E-state index contributed by atoms with van der Waals surface area (Å²) in [5.74, 6) is -0.150. The monoisotopic (exact) mass is 330 g/mol. The Kier molecular flexibility index (Phi) is 5.36. The van der Waals surface area contributed by atoms with Gasteiger partial charge in [-0.25, -0.2) is 12.8 Å². The molecule has 1 atom stereocenters. The van der Waals surface area contributed by atoms with Gasteiger partial charge in [-0.05, 0) is 37.1 Å². The summed E-state index contributed by atoms with van der Waals surface area (Å²) in [6.45, 7) is 0.857. The van der Waals surface area contributed by atoms with Crippen molar-refractivity contribution >= 4 is 15.9 Å². The normalized spacial score (nSPS) is 19.1. The summed E-state index contributed by atoms with van der Waals surface area (Å²) in [5, 5.41) is 2.66. The number of hydrogen-bond donors (Lipinski definition) is 1. The lowest BCUT2D eigenvalue weighted by Gasteiger charge is -2.21. The second-order valence-electron chi connectivity index (χ2n) is 5.13. The Morgan fingerprint density at radius 2 is 2.09 bits per heavy atom. The average molecular weight is 330 g/mol. The van der Waals surface area contributed by atoms with Crippen LogP contribution in [0.4, 0.5) is 4.39 Å². The van der Waals surface area contributed by atoms with E-state index in [2.05, 4.69) is 5.32 Å². The molecule has 1 heterocycles. The quantitative estimate of drug-likeness (QED) is 0.781. The molecule has 6 nitrogen and oxygen atoms in total. The van der Waals surface area contributed by atoms with E-state index in [0.29, 0.717) is 25.1 Å². The van der Waals surface area contributed by atoms with Gasteiger partial charge in [0.15, 0.2) is 0 Å². The van der Waals surface area contributed by atoms with Gasteiger partial charge >= 0.3 is 0 Å². The predicted octanol–water partition coefficient (Wildman–Crippen LogP) is 0.745. The predicted molar refractivity (Wildman–Crippen MR) is 79.5 cm³/mol. The van der Waals surface area contributed by atoms with E-state index in [9.17, 15) is 17.6 Å². The van der Waals surface area contributed by atoms with Gasteiger partial charge in [0.1, 0.15) is 24.2 Å². The fourth-order valence-corrected chi connectivity index (χ4v) is 3.52. The molecule has 1 saturated heterocycles. The number of rotatable bonds is 6. The second kappa shape index (κ2) is 7.06. The Bertz CT molecular complexity index is 618. The topological polar surface area (TPSA) is 75.7 Å². The number of sulfonamides is 1. The number of hydrogen-bond acceptors (Lipinski definition) is 4. The van der Waals surface area contributed by atoms with Crippen LogP contribution in [0.5, 0.6) is 5.75 Å². The van der Waals surface area contributed by atoms with Crippen molar-refractivity contribution in [2.45, 2.75) is 18.9 Å². The highest BCUT2D eigenvalue weighted by Crippen LogP contribution is 2.20. The van der Waals surface area contributed by atoms with Gasteiger partial charge in [-0.15, -0.1) is 0 Å². The summed E-state index contributed by atoms with van der Waals surface area (Å²) in [4.78, 5) is 12.0. The summed E-state index contributed by atoms with van der Waals surface area (Å²) < 4.78 is 42.5. The Morgan fingerprint density at radius 1 is 1.41 bits per heavy atom. The summed E-state index contributed by atoms with van der Waals surface area (Å²) in [6, 6.07) is 4.94. The third-order valence-corrected chi connectivity index (χ3v) is 4.71. The van der Waals surface area contributed by atoms with Gasteiger partial charge < -0.3 is 10.1 Å². The van der Waals surface area contributed by atoms with Gasteiger partial charge in [0, 0.05) is 6.54 Å². The molecular formula is C14H19FN2O4S. The molecule has 0 aromatic heterocycles. The fraction of sp³-hybridized carbons (Fsp3) is 0.500. The largest absolute Gasteiger partial charge is 0.492 e. The third kappa shape index (κ3) is 4.41. The molecule has 1 aliphatic rings. The molecule has 0 bridgehead atoms. The lowest BCUT2D eigenvalue weighted by atomic mass is 10.2. The van der Waals surface area contributed by atoms with E-state index >= 15 is 0 Å². The van der Waals surface area contributed by atoms with Crippen LogP contribution >= 0.6 is 0 Å². The molecule has 0 aliphatic carbocycles. The zero-order valence-corrected chi connectivity index (χ0v) is 13.1. The molecule has 0 saturated carbocycles. The number of carbonyl (C=O) groups is 1. The van der Waals surface area contributed by atoms with Crippen LogP contribution in [0.2, 0.25) is 0 Å². The fourth-order valence-electron chi connectivity index (χ4n) is 2.39. The van der Waals surface area contributed by atoms with E-state index in [1.165, 1.54) is 28.6 Å². The first-order chi connectivity index (χ1) is 10.4. The van der Waals surface area contributed by atoms with Gasteiger partial charge in [-0.3, -0.25) is 4.79 Å². The molecule has 1 aliphatic heterocycles. The highest BCUT2D eigenvalue weighted by atomic mass is 32.2. The third-order valence-electron chi connectivity index (χ3n) is 3.42. The van der Waals surface area contributed by atoms with E-state index in [1.807, 2.05) is 0 Å². The lowest BCUT2D eigenvalue weighted by molar-refractivity contribution is -0.124. The van der Waals surface area contributed by atoms with Crippen molar-refractivity contribution in [1.29, 1.82) is 0 Å². The number of amides is 1. The van der Waals surface area contributed by atoms with Gasteiger partial charge in [0.25, 0.3) is 0 Å². The van der Waals surface area contributed by atoms with Crippen LogP contribution in [0.15, 0.2) is 24.3 Å². The maximum atomic E-state index is 12.7. The first-order valence-electron chi connectivity index (χ1n) is 7.01. The second-order valence-corrected chi connectivity index (χ2v) is 7.06. The zero-order chi connectivity index (χ0) is 16.2. The molecule has 2 rings (SSSR count). The lowest BCUT2D eigenvalue weighted by Crippen LogP contribution is -2.46. The molecule has 1 N–H and O–H groups in total. The molecule has 1 fully saturated rings. The molecule has 8 heteroatoms. The number of ether oxygens (including phenoxy) is 1. The van der Waals surface area contributed by atoms with E-state index < -0.39 is 16.1 Å². The average Bonchev–Trinajstić information content (AvgIpc) is 2.95. The Hall–Kier alpha value is -1.67. The summed E-state index contributed by atoms with van der Waals surface area (Å²) in [5.41, 5.74) is 0. The van der Waals surface area contributed by atoms with Crippen molar-refractivity contribution in [3.63, 3.8) is 0 Å². The van der Waals surface area contributed by atoms with E-state index in [4.69, 9.17) is 4.74 Å². The summed E-state index contributed by atoms with van der Waals surface area (Å²) in [7, 11) is -3.37. The molecule has 1 amide bonds. The van der Waals surface area contributed by atoms with Crippen LogP contribution in [0.3, 0.4) is 0 Å². The number of nitrogens with zero attached hydrogens (tertiary/aromatic N) is 1. The smallest absolute Gasteiger partial charge is 0.238 e. The van der Waals surface area contributed by atoms with Gasteiger partial charge in [-0.2, -0.15) is 4.31 Å². The first-order valence-corrected chi connectivity index (χ1v) is 8.85. The van der Waals surface area contributed by atoms with E-state index in [-0.39, 0.29) is 24.9 Å². The summed E-state index contributed by atoms with van der Waals surface area (Å²) in [6.07, 6.45) is 2.31. The Labute approximate surface area is 129 Å². The minimum atomic E-state index is -3.37. The van der Waals surface area contributed by atoms with Crippen LogP contribution in [0.25, 0.3) is 0 Å². The minimum absolute atomic E-state index is 0.225. The summed E-state index contributed by atoms with van der Waals surface area (Å²) >= 11 is 0. The minimum Gasteiger partial charge on any atom is -0.492 e. The standard InChI is InChI=1S/C14H19FN2O4S/c1-22(19,20)17-9-2-3-13(17)14(18)16-8-10-21-12-6-4-11(15)5-7-12/h4-7,13H,2-3,8-10H2,1H3,(H,16,18)/t13-/m1/s1. The number of halogens is 1. The van der Waals surface area contributed by atoms with Gasteiger partial charge in [0.2, 0.25) is 15.9 Å². The number of carbonyl (C=O) groups excluding carboxylic acids is 1. The van der Waals surface area contributed by atoms with E-state index in [1.54, 1.807) is 0 Å². The van der Waals surface area contributed by atoms with Crippen molar-refractivity contribution in [3.05, 3.63) is 30.1 Å². The van der Waals surface area contributed by atoms with Crippen molar-refractivity contribution in [3.8, 4) is 5.75 Å². The Balaban J connectivity index is 1.77.